The fraction of sp³-hybridized carbons (Fsp3) is 0.588. The maximum Gasteiger partial charge on any atom is 0.242 e. The quantitative estimate of drug-likeness (QED) is 0.801. The molecular formula is C17H25N5O2. The van der Waals surface area contributed by atoms with E-state index < -0.39 is 0 Å². The fourth-order valence-electron chi connectivity index (χ4n) is 3.12. The van der Waals surface area contributed by atoms with E-state index in [-0.39, 0.29) is 17.9 Å². The van der Waals surface area contributed by atoms with Crippen LogP contribution in [0.25, 0.3) is 0 Å². The minimum atomic E-state index is -0.389. The van der Waals surface area contributed by atoms with Gasteiger partial charge in [-0.2, -0.15) is 0 Å². The van der Waals surface area contributed by atoms with Gasteiger partial charge in [0, 0.05) is 45.3 Å². The molecule has 0 bridgehead atoms. The van der Waals surface area contributed by atoms with Crippen molar-refractivity contribution in [2.75, 3.05) is 37.6 Å². The molecule has 7 heteroatoms. The number of carbonyl (C=O) groups excluding carboxylic acids is 2. The van der Waals surface area contributed by atoms with E-state index in [9.17, 15) is 9.59 Å². The topological polar surface area (TPSA) is 77.6 Å². The molecule has 2 N–H and O–H groups in total. The van der Waals surface area contributed by atoms with Gasteiger partial charge in [-0.3, -0.25) is 9.59 Å². The highest BCUT2D eigenvalue weighted by molar-refractivity contribution is 5.90. The van der Waals surface area contributed by atoms with E-state index >= 15 is 0 Å². The first kappa shape index (κ1) is 16.7. The summed E-state index contributed by atoms with van der Waals surface area (Å²) in [5.74, 6) is 0.814. The Labute approximate surface area is 142 Å². The summed E-state index contributed by atoms with van der Waals surface area (Å²) in [6, 6.07) is 3.63. The highest BCUT2D eigenvalue weighted by Crippen LogP contribution is 2.14. The number of amides is 2. The van der Waals surface area contributed by atoms with Crippen LogP contribution in [0, 0.1) is 0 Å². The van der Waals surface area contributed by atoms with Crippen LogP contribution in [0.1, 0.15) is 25.3 Å². The normalized spacial score (nSPS) is 21.6. The Hall–Kier alpha value is -2.15. The van der Waals surface area contributed by atoms with Gasteiger partial charge in [-0.25, -0.2) is 4.98 Å². The number of rotatable bonds is 5. The van der Waals surface area contributed by atoms with Crippen molar-refractivity contribution in [1.29, 1.82) is 0 Å². The van der Waals surface area contributed by atoms with E-state index in [1.54, 1.807) is 0 Å². The van der Waals surface area contributed by atoms with Crippen molar-refractivity contribution in [3.05, 3.63) is 23.9 Å². The van der Waals surface area contributed by atoms with E-state index in [0.717, 1.165) is 44.1 Å². The number of carbonyl (C=O) groups is 2. The lowest BCUT2D eigenvalue weighted by molar-refractivity contribution is -0.125. The highest BCUT2D eigenvalue weighted by atomic mass is 16.2. The van der Waals surface area contributed by atoms with Gasteiger partial charge in [0.15, 0.2) is 0 Å². The zero-order valence-electron chi connectivity index (χ0n) is 14.1. The molecule has 0 saturated carbocycles. The second-order valence-corrected chi connectivity index (χ2v) is 6.32. The minimum Gasteiger partial charge on any atom is -0.354 e. The summed E-state index contributed by atoms with van der Waals surface area (Å²) >= 11 is 0. The van der Waals surface area contributed by atoms with Gasteiger partial charge in [0.1, 0.15) is 11.9 Å². The molecule has 2 aliphatic heterocycles. The number of nitrogens with one attached hydrogen (secondary N) is 2. The van der Waals surface area contributed by atoms with Crippen molar-refractivity contribution in [2.45, 2.75) is 32.4 Å². The molecule has 3 rings (SSSR count). The number of anilines is 1. The molecule has 130 valence electrons. The predicted molar refractivity (Wildman–Crippen MR) is 91.6 cm³/mol. The summed E-state index contributed by atoms with van der Waals surface area (Å²) < 4.78 is 0. The van der Waals surface area contributed by atoms with Crippen molar-refractivity contribution >= 4 is 17.6 Å². The van der Waals surface area contributed by atoms with Crippen LogP contribution in [0.4, 0.5) is 5.82 Å². The standard InChI is InChI=1S/C17H25N5O2/c1-2-21-7-9-22(10-8-21)15-5-3-13(11-18-15)12-19-17(24)14-4-6-16(23)20-14/h3,5,11,14H,2,4,6-10,12H2,1H3,(H,19,24)(H,20,23)/t14-/m1/s1. The van der Waals surface area contributed by atoms with E-state index in [0.29, 0.717) is 19.4 Å². The first-order chi connectivity index (χ1) is 11.7. The van der Waals surface area contributed by atoms with E-state index in [1.807, 2.05) is 18.3 Å². The third-order valence-corrected chi connectivity index (χ3v) is 4.73. The second kappa shape index (κ2) is 7.61. The molecule has 0 spiro atoms. The molecule has 2 amide bonds. The summed E-state index contributed by atoms with van der Waals surface area (Å²) in [4.78, 5) is 32.4. The number of hydrogen-bond donors (Lipinski definition) is 2. The number of pyridine rings is 1. The Morgan fingerprint density at radius 2 is 2.12 bits per heavy atom. The van der Waals surface area contributed by atoms with Crippen LogP contribution in [0.2, 0.25) is 0 Å². The zero-order chi connectivity index (χ0) is 16.9. The number of piperazine rings is 1. The number of aromatic nitrogens is 1. The first-order valence-electron chi connectivity index (χ1n) is 8.65. The van der Waals surface area contributed by atoms with E-state index in [1.165, 1.54) is 0 Å². The summed E-state index contributed by atoms with van der Waals surface area (Å²) in [5, 5.41) is 5.53. The smallest absolute Gasteiger partial charge is 0.242 e. The molecule has 0 unspecified atom stereocenters. The molecular weight excluding hydrogens is 306 g/mol. The highest BCUT2D eigenvalue weighted by Gasteiger charge is 2.26. The third-order valence-electron chi connectivity index (χ3n) is 4.73. The van der Waals surface area contributed by atoms with Crippen LogP contribution in [-0.2, 0) is 16.1 Å². The number of nitrogens with zero attached hydrogens (tertiary/aromatic N) is 3. The summed E-state index contributed by atoms with van der Waals surface area (Å²) in [6.07, 6.45) is 2.82. The van der Waals surface area contributed by atoms with Crippen molar-refractivity contribution < 1.29 is 9.59 Å². The van der Waals surface area contributed by atoms with Gasteiger partial charge in [0.05, 0.1) is 0 Å². The maximum atomic E-state index is 12.0. The molecule has 0 aromatic carbocycles. The van der Waals surface area contributed by atoms with Crippen LogP contribution < -0.4 is 15.5 Å². The number of hydrogen-bond acceptors (Lipinski definition) is 5. The van der Waals surface area contributed by atoms with Gasteiger partial charge in [0.2, 0.25) is 11.8 Å². The Bertz CT molecular complexity index is 581. The average Bonchev–Trinajstić information content (AvgIpc) is 3.07. The molecule has 1 atom stereocenters. The molecule has 24 heavy (non-hydrogen) atoms. The van der Waals surface area contributed by atoms with Crippen LogP contribution in [0.5, 0.6) is 0 Å². The molecule has 2 fully saturated rings. The lowest BCUT2D eigenvalue weighted by Gasteiger charge is -2.34. The van der Waals surface area contributed by atoms with Crippen molar-refractivity contribution in [1.82, 2.24) is 20.5 Å². The van der Waals surface area contributed by atoms with Gasteiger partial charge in [-0.1, -0.05) is 13.0 Å². The van der Waals surface area contributed by atoms with Gasteiger partial charge in [0.25, 0.3) is 0 Å². The van der Waals surface area contributed by atoms with Crippen molar-refractivity contribution in [2.24, 2.45) is 0 Å². The van der Waals surface area contributed by atoms with Crippen molar-refractivity contribution in [3.63, 3.8) is 0 Å². The molecule has 2 aliphatic rings. The van der Waals surface area contributed by atoms with Crippen molar-refractivity contribution in [3.8, 4) is 0 Å². The third kappa shape index (κ3) is 4.03. The largest absolute Gasteiger partial charge is 0.354 e. The summed E-state index contributed by atoms with van der Waals surface area (Å²) in [5.41, 5.74) is 0.962. The molecule has 0 aliphatic carbocycles. The van der Waals surface area contributed by atoms with Gasteiger partial charge in [-0.15, -0.1) is 0 Å². The van der Waals surface area contributed by atoms with E-state index in [2.05, 4.69) is 32.3 Å². The summed E-state index contributed by atoms with van der Waals surface area (Å²) in [7, 11) is 0. The summed E-state index contributed by atoms with van der Waals surface area (Å²) in [6.45, 7) is 7.86. The average molecular weight is 331 g/mol. The Balaban J connectivity index is 1.48. The first-order valence-corrected chi connectivity index (χ1v) is 8.65. The zero-order valence-corrected chi connectivity index (χ0v) is 14.1. The van der Waals surface area contributed by atoms with Crippen LogP contribution >= 0.6 is 0 Å². The molecule has 7 nitrogen and oxygen atoms in total. The maximum absolute atomic E-state index is 12.0. The minimum absolute atomic E-state index is 0.0515. The Morgan fingerprint density at radius 3 is 2.71 bits per heavy atom. The molecule has 2 saturated heterocycles. The Morgan fingerprint density at radius 1 is 1.33 bits per heavy atom. The van der Waals surface area contributed by atoms with Crippen LogP contribution in [0.15, 0.2) is 18.3 Å². The molecule has 1 aromatic rings. The van der Waals surface area contributed by atoms with Gasteiger partial charge >= 0.3 is 0 Å². The lowest BCUT2D eigenvalue weighted by atomic mass is 10.2. The fourth-order valence-corrected chi connectivity index (χ4v) is 3.12. The predicted octanol–water partition coefficient (Wildman–Crippen LogP) is 0.118. The van der Waals surface area contributed by atoms with Gasteiger partial charge in [-0.05, 0) is 24.6 Å². The Kier molecular flexibility index (Phi) is 5.30. The van der Waals surface area contributed by atoms with Crippen LogP contribution in [0.3, 0.4) is 0 Å². The molecule has 3 heterocycles. The SMILES string of the molecule is CCN1CCN(c2ccc(CNC(=O)[C@H]3CCC(=O)N3)cn2)CC1. The lowest BCUT2D eigenvalue weighted by Crippen LogP contribution is -2.46. The van der Waals surface area contributed by atoms with E-state index in [4.69, 9.17) is 0 Å². The second-order valence-electron chi connectivity index (χ2n) is 6.32. The number of likely N-dealkylation sites (N-methyl/N-ethyl adjacent to an activating group) is 1. The van der Waals surface area contributed by atoms with Gasteiger partial charge < -0.3 is 20.4 Å². The molecule has 1 aromatic heterocycles. The monoisotopic (exact) mass is 331 g/mol. The molecule has 0 radical (unpaired) electrons. The van der Waals surface area contributed by atoms with Crippen LogP contribution in [-0.4, -0.2) is 60.5 Å².